The molecule has 0 saturated carbocycles. The standard InChI is InChI=1S/C23H38N4O12/c1-13(28)27-20-22(38-16(4)31)21(37-15(3)30)17(12-36-14(2)29)39-23(20)35-9-8-34-7-5-6-25-19(33)11-26-18(32)10-24/h17,20-23H,5-12,24H2,1-4H3,(H,25,33)(H,26,32)(H,27,28). The van der Waals surface area contributed by atoms with Crippen molar-refractivity contribution < 1.29 is 57.2 Å². The quantitative estimate of drug-likeness (QED) is 0.0853. The van der Waals surface area contributed by atoms with Gasteiger partial charge in [-0.15, -0.1) is 0 Å². The first-order valence-corrected chi connectivity index (χ1v) is 12.3. The van der Waals surface area contributed by atoms with Crippen molar-refractivity contribution in [3.63, 3.8) is 0 Å². The minimum Gasteiger partial charge on any atom is -0.463 e. The van der Waals surface area contributed by atoms with Crippen LogP contribution in [0, 0.1) is 0 Å². The lowest BCUT2D eigenvalue weighted by atomic mass is 9.96. The molecule has 1 fully saturated rings. The fraction of sp³-hybridized carbons (Fsp3) is 0.739. The lowest BCUT2D eigenvalue weighted by molar-refractivity contribution is -0.279. The van der Waals surface area contributed by atoms with Crippen LogP contribution in [0.1, 0.15) is 34.1 Å². The Labute approximate surface area is 225 Å². The minimum absolute atomic E-state index is 0.0104. The Hall–Kier alpha value is -3.34. The fourth-order valence-electron chi connectivity index (χ4n) is 3.47. The molecular formula is C23H38N4O12. The fourth-order valence-corrected chi connectivity index (χ4v) is 3.47. The number of hydrogen-bond donors (Lipinski definition) is 4. The van der Waals surface area contributed by atoms with E-state index in [4.69, 9.17) is 34.2 Å². The summed E-state index contributed by atoms with van der Waals surface area (Å²) < 4.78 is 32.8. The molecule has 0 aromatic carbocycles. The summed E-state index contributed by atoms with van der Waals surface area (Å²) in [5, 5.41) is 7.56. The van der Waals surface area contributed by atoms with Crippen LogP contribution in [0.25, 0.3) is 0 Å². The average molecular weight is 563 g/mol. The van der Waals surface area contributed by atoms with Crippen LogP contribution in [-0.4, -0.2) is 112 Å². The summed E-state index contributed by atoms with van der Waals surface area (Å²) in [4.78, 5) is 69.5. The summed E-state index contributed by atoms with van der Waals surface area (Å²) >= 11 is 0. The number of hydrogen-bond acceptors (Lipinski definition) is 13. The number of amides is 3. The number of carbonyl (C=O) groups is 6. The van der Waals surface area contributed by atoms with Gasteiger partial charge in [0.05, 0.1) is 26.3 Å². The highest BCUT2D eigenvalue weighted by atomic mass is 16.7. The maximum absolute atomic E-state index is 11.9. The van der Waals surface area contributed by atoms with Gasteiger partial charge in [0.25, 0.3) is 0 Å². The Bertz CT molecular complexity index is 855. The van der Waals surface area contributed by atoms with Gasteiger partial charge in [0, 0.05) is 40.8 Å². The van der Waals surface area contributed by atoms with Gasteiger partial charge in [0.15, 0.2) is 18.5 Å². The number of nitrogens with one attached hydrogen (secondary N) is 3. The molecular weight excluding hydrogens is 524 g/mol. The van der Waals surface area contributed by atoms with Crippen LogP contribution < -0.4 is 21.7 Å². The van der Waals surface area contributed by atoms with Gasteiger partial charge in [0.2, 0.25) is 17.7 Å². The molecule has 3 amide bonds. The molecule has 0 bridgehead atoms. The van der Waals surface area contributed by atoms with Crippen molar-refractivity contribution in [1.82, 2.24) is 16.0 Å². The lowest BCUT2D eigenvalue weighted by Crippen LogP contribution is -2.66. The van der Waals surface area contributed by atoms with Crippen molar-refractivity contribution in [2.24, 2.45) is 5.73 Å². The second-order valence-electron chi connectivity index (χ2n) is 8.39. The van der Waals surface area contributed by atoms with E-state index in [2.05, 4.69) is 16.0 Å². The molecule has 0 aromatic rings. The van der Waals surface area contributed by atoms with Gasteiger partial charge in [-0.2, -0.15) is 0 Å². The van der Waals surface area contributed by atoms with Gasteiger partial charge < -0.3 is 50.1 Å². The maximum Gasteiger partial charge on any atom is 0.303 e. The normalized spacial score (nSPS) is 22.2. The van der Waals surface area contributed by atoms with E-state index in [1.807, 2.05) is 0 Å². The van der Waals surface area contributed by atoms with E-state index < -0.39 is 60.4 Å². The van der Waals surface area contributed by atoms with Gasteiger partial charge in [-0.1, -0.05) is 0 Å². The molecule has 5 atom stereocenters. The SMILES string of the molecule is CC(=O)NC1C(OCCOCCCNC(=O)CNC(=O)CN)OC(COC(C)=O)C(OC(C)=O)C1OC(C)=O. The monoisotopic (exact) mass is 562 g/mol. The van der Waals surface area contributed by atoms with Crippen LogP contribution in [0.2, 0.25) is 0 Å². The zero-order valence-corrected chi connectivity index (χ0v) is 22.5. The van der Waals surface area contributed by atoms with Crippen LogP contribution in [-0.2, 0) is 57.2 Å². The van der Waals surface area contributed by atoms with Crippen LogP contribution in [0.15, 0.2) is 0 Å². The largest absolute Gasteiger partial charge is 0.463 e. The van der Waals surface area contributed by atoms with Crippen LogP contribution >= 0.6 is 0 Å². The Kier molecular flexibility index (Phi) is 15.6. The maximum atomic E-state index is 11.9. The van der Waals surface area contributed by atoms with E-state index in [1.165, 1.54) is 13.8 Å². The average Bonchev–Trinajstić information content (AvgIpc) is 2.85. The highest BCUT2D eigenvalue weighted by molar-refractivity contribution is 5.85. The van der Waals surface area contributed by atoms with Crippen molar-refractivity contribution in [1.29, 1.82) is 0 Å². The van der Waals surface area contributed by atoms with Gasteiger partial charge >= 0.3 is 17.9 Å². The van der Waals surface area contributed by atoms with Gasteiger partial charge in [-0.05, 0) is 6.42 Å². The van der Waals surface area contributed by atoms with Gasteiger partial charge in [-0.25, -0.2) is 0 Å². The third kappa shape index (κ3) is 13.9. The molecule has 5 N–H and O–H groups in total. The molecule has 16 nitrogen and oxygen atoms in total. The second-order valence-corrected chi connectivity index (χ2v) is 8.39. The van der Waals surface area contributed by atoms with Crippen LogP contribution in [0.4, 0.5) is 0 Å². The van der Waals surface area contributed by atoms with Crippen molar-refractivity contribution in [3.8, 4) is 0 Å². The van der Waals surface area contributed by atoms with E-state index >= 15 is 0 Å². The zero-order valence-electron chi connectivity index (χ0n) is 22.5. The Morgan fingerprint density at radius 1 is 0.821 bits per heavy atom. The molecule has 16 heteroatoms. The van der Waals surface area contributed by atoms with E-state index in [-0.39, 0.29) is 45.4 Å². The van der Waals surface area contributed by atoms with Crippen molar-refractivity contribution >= 4 is 35.6 Å². The van der Waals surface area contributed by atoms with Crippen LogP contribution in [0.3, 0.4) is 0 Å². The molecule has 1 rings (SSSR count). The molecule has 1 aliphatic heterocycles. The van der Waals surface area contributed by atoms with E-state index in [0.29, 0.717) is 13.0 Å². The topological polar surface area (TPSA) is 220 Å². The van der Waals surface area contributed by atoms with Gasteiger partial charge in [0.1, 0.15) is 18.8 Å². The number of nitrogens with two attached hydrogens (primary N) is 1. The van der Waals surface area contributed by atoms with Gasteiger partial charge in [-0.3, -0.25) is 28.8 Å². The molecule has 222 valence electrons. The summed E-state index contributed by atoms with van der Waals surface area (Å²) in [6.45, 7) is 4.68. The van der Waals surface area contributed by atoms with Crippen molar-refractivity contribution in [3.05, 3.63) is 0 Å². The third-order valence-corrected chi connectivity index (χ3v) is 5.00. The van der Waals surface area contributed by atoms with E-state index in [9.17, 15) is 28.8 Å². The smallest absolute Gasteiger partial charge is 0.303 e. The van der Waals surface area contributed by atoms with Crippen LogP contribution in [0.5, 0.6) is 0 Å². The molecule has 0 aliphatic carbocycles. The highest BCUT2D eigenvalue weighted by Crippen LogP contribution is 2.28. The molecule has 39 heavy (non-hydrogen) atoms. The first kappa shape index (κ1) is 33.7. The highest BCUT2D eigenvalue weighted by Gasteiger charge is 2.51. The molecule has 5 unspecified atom stereocenters. The summed E-state index contributed by atoms with van der Waals surface area (Å²) in [7, 11) is 0. The second kappa shape index (κ2) is 18.0. The number of esters is 3. The zero-order chi connectivity index (χ0) is 29.4. The molecule has 0 radical (unpaired) electrons. The first-order valence-electron chi connectivity index (χ1n) is 12.3. The molecule has 1 heterocycles. The van der Waals surface area contributed by atoms with Crippen molar-refractivity contribution in [2.75, 3.05) is 46.1 Å². The molecule has 1 saturated heterocycles. The first-order chi connectivity index (χ1) is 18.4. The summed E-state index contributed by atoms with van der Waals surface area (Å²) in [5.74, 6) is -3.33. The summed E-state index contributed by atoms with van der Waals surface area (Å²) in [6, 6.07) is -1.07. The Balaban J connectivity index is 2.71. The summed E-state index contributed by atoms with van der Waals surface area (Å²) in [6.07, 6.45) is -4.20. The third-order valence-electron chi connectivity index (χ3n) is 5.00. The Morgan fingerprint density at radius 2 is 1.49 bits per heavy atom. The number of carbonyl (C=O) groups excluding carboxylic acids is 6. The minimum atomic E-state index is -1.21. The predicted octanol–water partition coefficient (Wildman–Crippen LogP) is -2.74. The van der Waals surface area contributed by atoms with Crippen molar-refractivity contribution in [2.45, 2.75) is 64.8 Å². The number of ether oxygens (including phenoxy) is 6. The summed E-state index contributed by atoms with van der Waals surface area (Å²) in [5.41, 5.74) is 5.14. The van der Waals surface area contributed by atoms with E-state index in [0.717, 1.165) is 13.8 Å². The van der Waals surface area contributed by atoms with E-state index in [1.54, 1.807) is 0 Å². The Morgan fingerprint density at radius 3 is 2.08 bits per heavy atom. The predicted molar refractivity (Wildman–Crippen MR) is 130 cm³/mol. The number of rotatable bonds is 16. The lowest BCUT2D eigenvalue weighted by Gasteiger charge is -2.44. The molecule has 0 spiro atoms. The molecule has 1 aliphatic rings. The molecule has 0 aromatic heterocycles.